The molecule has 0 bridgehead atoms. The van der Waals surface area contributed by atoms with Crippen molar-refractivity contribution in [3.8, 4) is 0 Å². The van der Waals surface area contributed by atoms with Gasteiger partial charge in [-0.2, -0.15) is 0 Å². The van der Waals surface area contributed by atoms with E-state index >= 15 is 0 Å². The molecule has 20 heavy (non-hydrogen) atoms. The zero-order valence-electron chi connectivity index (χ0n) is 11.0. The molecule has 0 aliphatic rings. The first kappa shape index (κ1) is 14.9. The van der Waals surface area contributed by atoms with Crippen molar-refractivity contribution in [2.45, 2.75) is 19.4 Å². The fourth-order valence-corrected chi connectivity index (χ4v) is 2.19. The normalized spacial score (nSPS) is 12.4. The maximum Gasteiger partial charge on any atom is 0.126 e. The van der Waals surface area contributed by atoms with Crippen molar-refractivity contribution in [3.63, 3.8) is 0 Å². The van der Waals surface area contributed by atoms with E-state index in [1.807, 2.05) is 19.1 Å². The lowest BCUT2D eigenvalue weighted by Gasteiger charge is -2.18. The molecule has 0 saturated carbocycles. The van der Waals surface area contributed by atoms with Crippen molar-refractivity contribution in [2.75, 3.05) is 0 Å². The van der Waals surface area contributed by atoms with Gasteiger partial charge >= 0.3 is 0 Å². The molecule has 3 N–H and O–H groups in total. The number of hydrogen-bond donors (Lipinski definition) is 2. The molecule has 0 aromatic heterocycles. The van der Waals surface area contributed by atoms with E-state index in [-0.39, 0.29) is 18.0 Å². The minimum Gasteiger partial charge on any atom is -0.271 e. The van der Waals surface area contributed by atoms with Crippen molar-refractivity contribution in [1.82, 2.24) is 5.43 Å². The van der Waals surface area contributed by atoms with Gasteiger partial charge in [-0.25, -0.2) is 8.78 Å². The highest BCUT2D eigenvalue weighted by molar-refractivity contribution is 6.31. The van der Waals surface area contributed by atoms with Crippen LogP contribution in [-0.2, 0) is 6.42 Å². The van der Waals surface area contributed by atoms with E-state index in [1.54, 1.807) is 6.07 Å². The molecule has 106 valence electrons. The summed E-state index contributed by atoms with van der Waals surface area (Å²) in [7, 11) is 0. The van der Waals surface area contributed by atoms with Gasteiger partial charge in [0, 0.05) is 5.02 Å². The van der Waals surface area contributed by atoms with E-state index in [9.17, 15) is 8.78 Å². The summed E-state index contributed by atoms with van der Waals surface area (Å²) in [6, 6.07) is 8.53. The number of rotatable bonds is 4. The fraction of sp³-hybridized carbons (Fsp3) is 0.200. The minimum absolute atomic E-state index is 0.251. The van der Waals surface area contributed by atoms with Gasteiger partial charge in [0.1, 0.15) is 11.6 Å². The molecule has 0 amide bonds. The van der Waals surface area contributed by atoms with Gasteiger partial charge in [-0.05, 0) is 54.3 Å². The summed E-state index contributed by atoms with van der Waals surface area (Å²) in [5, 5.41) is 0.654. The summed E-state index contributed by atoms with van der Waals surface area (Å²) in [4.78, 5) is 0. The second kappa shape index (κ2) is 6.31. The molecule has 1 unspecified atom stereocenters. The zero-order chi connectivity index (χ0) is 14.7. The average Bonchev–Trinajstić information content (AvgIpc) is 2.43. The lowest BCUT2D eigenvalue weighted by atomic mass is 9.97. The Kier molecular flexibility index (Phi) is 4.70. The maximum absolute atomic E-state index is 13.7. The smallest absolute Gasteiger partial charge is 0.126 e. The second-order valence-electron chi connectivity index (χ2n) is 4.67. The lowest BCUT2D eigenvalue weighted by Crippen LogP contribution is -2.29. The molecule has 0 fully saturated rings. The molecular weight excluding hydrogens is 282 g/mol. The summed E-state index contributed by atoms with van der Waals surface area (Å²) < 4.78 is 26.9. The number of nitrogens with one attached hydrogen (secondary N) is 1. The van der Waals surface area contributed by atoms with Gasteiger partial charge in [-0.1, -0.05) is 23.7 Å². The molecule has 0 spiro atoms. The van der Waals surface area contributed by atoms with E-state index in [0.29, 0.717) is 5.02 Å². The Morgan fingerprint density at radius 1 is 1.20 bits per heavy atom. The van der Waals surface area contributed by atoms with Gasteiger partial charge < -0.3 is 0 Å². The Bertz CT molecular complexity index is 617. The molecule has 5 heteroatoms. The predicted molar refractivity (Wildman–Crippen MR) is 76.3 cm³/mol. The first-order valence-electron chi connectivity index (χ1n) is 6.17. The van der Waals surface area contributed by atoms with Gasteiger partial charge in [0.15, 0.2) is 0 Å². The molecule has 2 nitrogen and oxygen atoms in total. The standard InChI is InChI=1S/C15H15ClF2N2/c1-9-6-10(2-4-13(9)16)15(20-19)8-11-7-12(17)3-5-14(11)18/h2-7,15,20H,8,19H2,1H3. The van der Waals surface area contributed by atoms with Crippen molar-refractivity contribution < 1.29 is 8.78 Å². The number of hydrogen-bond acceptors (Lipinski definition) is 2. The number of nitrogens with two attached hydrogens (primary N) is 1. The van der Waals surface area contributed by atoms with E-state index in [4.69, 9.17) is 17.4 Å². The molecule has 0 saturated heterocycles. The molecular formula is C15H15ClF2N2. The van der Waals surface area contributed by atoms with Crippen LogP contribution in [0.2, 0.25) is 5.02 Å². The van der Waals surface area contributed by atoms with Crippen molar-refractivity contribution in [1.29, 1.82) is 0 Å². The largest absolute Gasteiger partial charge is 0.271 e. The average molecular weight is 297 g/mol. The van der Waals surface area contributed by atoms with Crippen LogP contribution in [0.1, 0.15) is 22.7 Å². The Labute approximate surface area is 121 Å². The van der Waals surface area contributed by atoms with Gasteiger partial charge in [-0.3, -0.25) is 11.3 Å². The van der Waals surface area contributed by atoms with E-state index < -0.39 is 11.6 Å². The minimum atomic E-state index is -0.468. The first-order valence-corrected chi connectivity index (χ1v) is 6.55. The third-order valence-corrected chi connectivity index (χ3v) is 3.64. The molecule has 2 aromatic rings. The van der Waals surface area contributed by atoms with Gasteiger partial charge in [0.25, 0.3) is 0 Å². The highest BCUT2D eigenvalue weighted by atomic mass is 35.5. The molecule has 0 aliphatic heterocycles. The van der Waals surface area contributed by atoms with Crippen LogP contribution in [0.25, 0.3) is 0 Å². The van der Waals surface area contributed by atoms with E-state index in [0.717, 1.165) is 23.3 Å². The third kappa shape index (κ3) is 3.33. The molecule has 0 heterocycles. The maximum atomic E-state index is 13.7. The monoisotopic (exact) mass is 296 g/mol. The van der Waals surface area contributed by atoms with Crippen LogP contribution in [0.4, 0.5) is 8.78 Å². The number of hydrazine groups is 1. The second-order valence-corrected chi connectivity index (χ2v) is 5.07. The van der Waals surface area contributed by atoms with Crippen molar-refractivity contribution in [2.24, 2.45) is 5.84 Å². The van der Waals surface area contributed by atoms with Gasteiger partial charge in [0.05, 0.1) is 6.04 Å². The lowest BCUT2D eigenvalue weighted by molar-refractivity contribution is 0.522. The molecule has 2 aromatic carbocycles. The van der Waals surface area contributed by atoms with Crippen LogP contribution in [0, 0.1) is 18.6 Å². The Morgan fingerprint density at radius 3 is 2.60 bits per heavy atom. The Morgan fingerprint density at radius 2 is 1.95 bits per heavy atom. The van der Waals surface area contributed by atoms with Crippen molar-refractivity contribution >= 4 is 11.6 Å². The summed E-state index contributed by atoms with van der Waals surface area (Å²) in [6.45, 7) is 1.88. The number of benzene rings is 2. The van der Waals surface area contributed by atoms with E-state index in [2.05, 4.69) is 5.43 Å². The molecule has 1 atom stereocenters. The number of halogens is 3. The van der Waals surface area contributed by atoms with Crippen LogP contribution in [0.5, 0.6) is 0 Å². The molecule has 0 radical (unpaired) electrons. The van der Waals surface area contributed by atoms with Gasteiger partial charge in [-0.15, -0.1) is 0 Å². The van der Waals surface area contributed by atoms with Crippen LogP contribution in [0.3, 0.4) is 0 Å². The summed E-state index contributed by atoms with van der Waals surface area (Å²) in [5.74, 6) is 4.61. The van der Waals surface area contributed by atoms with Crippen LogP contribution in [-0.4, -0.2) is 0 Å². The first-order chi connectivity index (χ1) is 9.51. The van der Waals surface area contributed by atoms with Gasteiger partial charge in [0.2, 0.25) is 0 Å². The van der Waals surface area contributed by atoms with Crippen LogP contribution in [0.15, 0.2) is 36.4 Å². The molecule has 0 aliphatic carbocycles. The summed E-state index contributed by atoms with van der Waals surface area (Å²) in [5.41, 5.74) is 4.69. The van der Waals surface area contributed by atoms with Crippen molar-refractivity contribution in [3.05, 3.63) is 69.7 Å². The zero-order valence-corrected chi connectivity index (χ0v) is 11.7. The van der Waals surface area contributed by atoms with Crippen LogP contribution < -0.4 is 11.3 Å². The SMILES string of the molecule is Cc1cc(C(Cc2cc(F)ccc2F)NN)ccc1Cl. The van der Waals surface area contributed by atoms with Crippen LogP contribution >= 0.6 is 11.6 Å². The number of aryl methyl sites for hydroxylation is 1. The Hall–Kier alpha value is -1.49. The highest BCUT2D eigenvalue weighted by Gasteiger charge is 2.14. The predicted octanol–water partition coefficient (Wildman–Crippen LogP) is 3.67. The summed E-state index contributed by atoms with van der Waals surface area (Å²) >= 11 is 5.97. The topological polar surface area (TPSA) is 38.0 Å². The highest BCUT2D eigenvalue weighted by Crippen LogP contribution is 2.24. The molecule has 2 rings (SSSR count). The third-order valence-electron chi connectivity index (χ3n) is 3.22. The Balaban J connectivity index is 2.28. The quantitative estimate of drug-likeness (QED) is 0.667. The fourth-order valence-electron chi connectivity index (χ4n) is 2.08. The summed E-state index contributed by atoms with van der Waals surface area (Å²) in [6.07, 6.45) is 0.251. The van der Waals surface area contributed by atoms with E-state index in [1.165, 1.54) is 6.07 Å².